The average Bonchev–Trinajstić information content (AvgIpc) is 2.58. The van der Waals surface area contributed by atoms with Gasteiger partial charge in [-0.3, -0.25) is 0 Å². The summed E-state index contributed by atoms with van der Waals surface area (Å²) in [6.45, 7) is 0. The molecule has 0 aromatic carbocycles. The first-order valence-electron chi connectivity index (χ1n) is 6.43. The fourth-order valence-electron chi connectivity index (χ4n) is 1.97. The quantitative estimate of drug-likeness (QED) is 0.163. The maximum absolute atomic E-state index is 12.7. The van der Waals surface area contributed by atoms with Gasteiger partial charge in [-0.15, -0.1) is 0 Å². The number of esters is 2. The van der Waals surface area contributed by atoms with Gasteiger partial charge in [-0.1, -0.05) is 75.9 Å². The minimum atomic E-state index is -1.18. The number of hydrogen-bond acceptors (Lipinski definition) is 3. The number of carbonyl (C=O) groups is 2. The topological polar surface area (TPSA) is 43.4 Å². The molecule has 0 aliphatic heterocycles. The van der Waals surface area contributed by atoms with Crippen LogP contribution in [0.1, 0.15) is 12.8 Å². The van der Waals surface area contributed by atoms with E-state index in [4.69, 9.17) is 4.74 Å². The molecule has 0 fully saturated rings. The normalized spacial score (nSPS) is 30.1. The number of alkyl halides is 2. The highest BCUT2D eigenvalue weighted by atomic mass is 79.9. The van der Waals surface area contributed by atoms with Gasteiger partial charge in [0.15, 0.2) is 8.65 Å². The Bertz CT molecular complexity index is 717. The van der Waals surface area contributed by atoms with Crippen molar-refractivity contribution in [1.82, 2.24) is 0 Å². The summed E-state index contributed by atoms with van der Waals surface area (Å²) < 4.78 is 6.88. The van der Waals surface area contributed by atoms with Gasteiger partial charge in [0.25, 0.3) is 0 Å². The molecule has 0 spiro atoms. The Morgan fingerprint density at radius 1 is 0.760 bits per heavy atom. The SMILES string of the molecule is O=C(OC(=O)C1(Br)CC=C(Br)C(Br)=C1Br)C1(Br)CC=C(Br)C(Br)=C1Br. The summed E-state index contributed by atoms with van der Waals surface area (Å²) in [6.07, 6.45) is 4.26. The van der Waals surface area contributed by atoms with Crippen LogP contribution in [0.3, 0.4) is 0 Å². The van der Waals surface area contributed by atoms with Gasteiger partial charge >= 0.3 is 11.9 Å². The Morgan fingerprint density at radius 3 is 1.40 bits per heavy atom. The average molecular weight is 861 g/mol. The summed E-state index contributed by atoms with van der Waals surface area (Å²) in [5.41, 5.74) is 0. The summed E-state index contributed by atoms with van der Waals surface area (Å²) in [5, 5.41) is 0. The summed E-state index contributed by atoms with van der Waals surface area (Å²) in [7, 11) is 0. The first-order valence-corrected chi connectivity index (χ1v) is 12.8. The van der Waals surface area contributed by atoms with E-state index in [1.165, 1.54) is 0 Å². The molecular weight excluding hydrogens is 855 g/mol. The smallest absolute Gasteiger partial charge is 0.336 e. The van der Waals surface area contributed by atoms with E-state index >= 15 is 0 Å². The van der Waals surface area contributed by atoms with Crippen LogP contribution in [0.4, 0.5) is 0 Å². The Hall–Kier alpha value is 1.94. The Balaban J connectivity index is 2.26. The Morgan fingerprint density at radius 2 is 1.08 bits per heavy atom. The second-order valence-electron chi connectivity index (χ2n) is 5.05. The summed E-state index contributed by atoms with van der Waals surface area (Å²) in [5.74, 6) is -1.41. The van der Waals surface area contributed by atoms with E-state index in [1.54, 1.807) is 0 Å². The van der Waals surface area contributed by atoms with Crippen molar-refractivity contribution < 1.29 is 14.3 Å². The van der Waals surface area contributed by atoms with Crippen molar-refractivity contribution in [1.29, 1.82) is 0 Å². The molecule has 136 valence electrons. The highest BCUT2D eigenvalue weighted by Gasteiger charge is 2.49. The molecule has 11 heteroatoms. The molecule has 25 heavy (non-hydrogen) atoms. The van der Waals surface area contributed by atoms with E-state index in [9.17, 15) is 9.59 Å². The number of ether oxygens (including phenoxy) is 1. The van der Waals surface area contributed by atoms with Crippen LogP contribution in [-0.4, -0.2) is 20.6 Å². The van der Waals surface area contributed by atoms with Crippen LogP contribution in [0.5, 0.6) is 0 Å². The van der Waals surface area contributed by atoms with Crippen LogP contribution < -0.4 is 0 Å². The van der Waals surface area contributed by atoms with Crippen molar-refractivity contribution in [3.05, 3.63) is 39.0 Å². The Labute approximate surface area is 211 Å². The minimum Gasteiger partial charge on any atom is -0.390 e. The molecule has 0 heterocycles. The van der Waals surface area contributed by atoms with Crippen molar-refractivity contribution in [3.8, 4) is 0 Å². The van der Waals surface area contributed by atoms with Crippen molar-refractivity contribution in [2.75, 3.05) is 0 Å². The predicted octanol–water partition coefficient (Wildman–Crippen LogP) is 7.69. The molecule has 0 amide bonds. The van der Waals surface area contributed by atoms with Crippen molar-refractivity contribution >= 4 is 139 Å². The molecule has 0 aromatic rings. The second-order valence-corrected chi connectivity index (χ2v) is 12.6. The molecule has 2 atom stereocenters. The van der Waals surface area contributed by atoms with Gasteiger partial charge in [-0.25, -0.2) is 9.59 Å². The van der Waals surface area contributed by atoms with Crippen molar-refractivity contribution in [3.63, 3.8) is 0 Å². The lowest BCUT2D eigenvalue weighted by Crippen LogP contribution is -2.43. The molecular formula is C14H6Br8O3. The molecule has 0 saturated carbocycles. The maximum Gasteiger partial charge on any atom is 0.336 e. The monoisotopic (exact) mass is 853 g/mol. The molecule has 0 N–H and O–H groups in total. The van der Waals surface area contributed by atoms with Crippen LogP contribution in [0, 0.1) is 0 Å². The molecule has 2 unspecified atom stereocenters. The fraction of sp³-hybridized carbons (Fsp3) is 0.286. The lowest BCUT2D eigenvalue weighted by Gasteiger charge is -2.31. The molecule has 2 aliphatic carbocycles. The van der Waals surface area contributed by atoms with Crippen LogP contribution in [0.2, 0.25) is 0 Å². The van der Waals surface area contributed by atoms with E-state index < -0.39 is 20.6 Å². The number of rotatable bonds is 2. The summed E-state index contributed by atoms with van der Waals surface area (Å²) in [4.78, 5) is 25.4. The lowest BCUT2D eigenvalue weighted by atomic mass is 9.99. The molecule has 2 rings (SSSR count). The predicted molar refractivity (Wildman–Crippen MR) is 127 cm³/mol. The van der Waals surface area contributed by atoms with Crippen LogP contribution in [0.25, 0.3) is 0 Å². The highest BCUT2D eigenvalue weighted by molar-refractivity contribution is 9.17. The van der Waals surface area contributed by atoms with Gasteiger partial charge in [0.2, 0.25) is 0 Å². The van der Waals surface area contributed by atoms with Gasteiger partial charge < -0.3 is 4.74 Å². The van der Waals surface area contributed by atoms with Crippen molar-refractivity contribution in [2.24, 2.45) is 0 Å². The standard InChI is InChI=1S/C14H6Br8O3/c15-5-1-3-13(21,9(19)7(5)17)11(23)25-12(24)14(22)4-2-6(16)8(18)10(14)20/h1-2H,3-4H2. The third kappa shape index (κ3) is 4.43. The first kappa shape index (κ1) is 23.2. The zero-order valence-corrected chi connectivity index (χ0v) is 24.5. The summed E-state index contributed by atoms with van der Waals surface area (Å²) in [6, 6.07) is 0. The molecule has 2 aliphatic rings. The van der Waals surface area contributed by atoms with Crippen LogP contribution in [0.15, 0.2) is 39.0 Å². The van der Waals surface area contributed by atoms with Gasteiger partial charge in [-0.05, 0) is 76.6 Å². The molecule has 3 nitrogen and oxygen atoms in total. The van der Waals surface area contributed by atoms with E-state index in [-0.39, 0.29) is 0 Å². The first-order chi connectivity index (χ1) is 11.4. The van der Waals surface area contributed by atoms with Gasteiger partial charge in [0.1, 0.15) is 0 Å². The highest BCUT2D eigenvalue weighted by Crippen LogP contribution is 2.50. The maximum atomic E-state index is 12.7. The number of carbonyl (C=O) groups excluding carboxylic acids is 2. The minimum absolute atomic E-state index is 0.316. The van der Waals surface area contributed by atoms with Gasteiger partial charge in [0.05, 0.1) is 0 Å². The zero-order valence-electron chi connectivity index (χ0n) is 11.8. The van der Waals surface area contributed by atoms with Crippen LogP contribution in [-0.2, 0) is 14.3 Å². The van der Waals surface area contributed by atoms with Gasteiger partial charge in [0, 0.05) is 26.9 Å². The zero-order chi connectivity index (χ0) is 19.2. The van der Waals surface area contributed by atoms with Crippen molar-refractivity contribution in [2.45, 2.75) is 21.5 Å². The largest absolute Gasteiger partial charge is 0.390 e. The fourth-order valence-corrected chi connectivity index (χ4v) is 6.71. The molecule has 0 bridgehead atoms. The third-order valence-corrected chi connectivity index (χ3v) is 14.0. The summed E-state index contributed by atoms with van der Waals surface area (Å²) >= 11 is 27.2. The van der Waals surface area contributed by atoms with Gasteiger partial charge in [-0.2, -0.15) is 0 Å². The third-order valence-electron chi connectivity index (χ3n) is 3.46. The van der Waals surface area contributed by atoms with Crippen LogP contribution >= 0.6 is 127 Å². The Kier molecular flexibility index (Phi) is 8.13. The second kappa shape index (κ2) is 8.75. The number of hydrogen-bond donors (Lipinski definition) is 0. The van der Waals surface area contributed by atoms with E-state index in [1.807, 2.05) is 12.2 Å². The number of allylic oxidation sites excluding steroid dienone is 6. The van der Waals surface area contributed by atoms with E-state index in [0.29, 0.717) is 30.8 Å². The molecule has 0 saturated heterocycles. The number of halogens is 8. The lowest BCUT2D eigenvalue weighted by molar-refractivity contribution is -0.161. The molecule has 0 aromatic heterocycles. The molecule has 0 radical (unpaired) electrons. The van der Waals surface area contributed by atoms with E-state index in [0.717, 1.165) is 8.96 Å². The van der Waals surface area contributed by atoms with E-state index in [2.05, 4.69) is 127 Å².